The van der Waals surface area contributed by atoms with Gasteiger partial charge in [0.2, 0.25) is 0 Å². The predicted octanol–water partition coefficient (Wildman–Crippen LogP) is 4.89. The van der Waals surface area contributed by atoms with E-state index in [9.17, 15) is 15.0 Å². The molecule has 0 bridgehead atoms. The van der Waals surface area contributed by atoms with Gasteiger partial charge in [-0.3, -0.25) is 0 Å². The summed E-state index contributed by atoms with van der Waals surface area (Å²) < 4.78 is 5.09. The summed E-state index contributed by atoms with van der Waals surface area (Å²) in [6, 6.07) is 14.2. The summed E-state index contributed by atoms with van der Waals surface area (Å²) in [5, 5.41) is 20.6. The van der Waals surface area contributed by atoms with E-state index in [2.05, 4.69) is 4.99 Å². The summed E-state index contributed by atoms with van der Waals surface area (Å²) in [7, 11) is 0. The molecular weight excluding hydrogens is 362 g/mol. The van der Waals surface area contributed by atoms with Crippen LogP contribution in [0.3, 0.4) is 0 Å². The van der Waals surface area contributed by atoms with E-state index in [1.165, 1.54) is 11.8 Å². The molecule has 0 unspecified atom stereocenters. The predicted molar refractivity (Wildman–Crippen MR) is 108 cm³/mol. The number of carbonyl (C=O) groups excluding carboxylic acids is 1. The third-order valence-electron chi connectivity index (χ3n) is 3.77. The van der Waals surface area contributed by atoms with Crippen LogP contribution < -0.4 is 0 Å². The molecule has 0 saturated heterocycles. The van der Waals surface area contributed by atoms with Crippen LogP contribution in [0.15, 0.2) is 69.8 Å². The topological polar surface area (TPSA) is 79.1 Å². The largest absolute Gasteiger partial charge is 0.508 e. The molecule has 0 aromatic heterocycles. The van der Waals surface area contributed by atoms with Gasteiger partial charge in [0, 0.05) is 0 Å². The number of aromatic hydroxyl groups is 1. The highest BCUT2D eigenvalue weighted by atomic mass is 32.2. The van der Waals surface area contributed by atoms with Crippen LogP contribution in [-0.2, 0) is 9.53 Å². The normalized spacial score (nSPS) is 17.0. The molecule has 0 fully saturated rings. The number of aryl methyl sites for hydroxylation is 1. The number of aliphatic hydroxyl groups excluding tert-OH is 1. The van der Waals surface area contributed by atoms with E-state index in [1.807, 2.05) is 31.2 Å². The number of aliphatic imine (C=N–C) groups is 1. The molecule has 2 aromatic carbocycles. The zero-order valence-corrected chi connectivity index (χ0v) is 15.8. The van der Waals surface area contributed by atoms with Crippen molar-refractivity contribution >= 4 is 34.5 Å². The number of ether oxygens (including phenoxy) is 1. The average molecular weight is 381 g/mol. The number of aliphatic hydroxyl groups is 1. The highest BCUT2D eigenvalue weighted by Crippen LogP contribution is 2.40. The number of hydrogen-bond donors (Lipinski definition) is 2. The van der Waals surface area contributed by atoms with Crippen molar-refractivity contribution in [2.75, 3.05) is 6.61 Å². The molecule has 2 N–H and O–H groups in total. The Hall–Kier alpha value is -2.99. The van der Waals surface area contributed by atoms with Crippen LogP contribution >= 0.6 is 11.8 Å². The molecule has 0 atom stereocenters. The van der Waals surface area contributed by atoms with Gasteiger partial charge in [-0.2, -0.15) is 0 Å². The van der Waals surface area contributed by atoms with Crippen molar-refractivity contribution < 1.29 is 19.7 Å². The van der Waals surface area contributed by atoms with E-state index in [0.29, 0.717) is 21.2 Å². The van der Waals surface area contributed by atoms with Gasteiger partial charge in [-0.15, -0.1) is 0 Å². The number of carbonyl (C=O) groups is 1. The van der Waals surface area contributed by atoms with Crippen molar-refractivity contribution in [1.29, 1.82) is 0 Å². The van der Waals surface area contributed by atoms with Crippen molar-refractivity contribution in [2.45, 2.75) is 13.8 Å². The molecule has 0 radical (unpaired) electrons. The molecule has 2 aromatic rings. The molecule has 5 nitrogen and oxygen atoms in total. The quantitative estimate of drug-likeness (QED) is 0.737. The number of esters is 1. The molecule has 1 heterocycles. The van der Waals surface area contributed by atoms with E-state index in [4.69, 9.17) is 4.74 Å². The monoisotopic (exact) mass is 381 g/mol. The Morgan fingerprint density at radius 2 is 1.96 bits per heavy atom. The number of phenolic OH excluding ortho intramolecular Hbond substituents is 1. The molecular formula is C21H19NO4S. The first kappa shape index (κ1) is 18.8. The Kier molecular flexibility index (Phi) is 5.66. The van der Waals surface area contributed by atoms with E-state index < -0.39 is 5.97 Å². The maximum atomic E-state index is 12.4. The van der Waals surface area contributed by atoms with E-state index in [1.54, 1.807) is 37.3 Å². The summed E-state index contributed by atoms with van der Waals surface area (Å²) in [5.41, 5.74) is 2.48. The van der Waals surface area contributed by atoms with Gasteiger partial charge in [-0.1, -0.05) is 36.0 Å². The second kappa shape index (κ2) is 8.14. The van der Waals surface area contributed by atoms with E-state index in [-0.39, 0.29) is 23.7 Å². The van der Waals surface area contributed by atoms with Crippen LogP contribution in [0.2, 0.25) is 0 Å². The number of phenols is 1. The lowest BCUT2D eigenvalue weighted by Crippen LogP contribution is -2.12. The van der Waals surface area contributed by atoms with E-state index >= 15 is 0 Å². The summed E-state index contributed by atoms with van der Waals surface area (Å²) in [6.45, 7) is 3.86. The average Bonchev–Trinajstić information content (AvgIpc) is 2.90. The molecule has 6 heteroatoms. The number of nitrogens with zero attached hydrogens (tertiary/aromatic N) is 1. The molecule has 0 spiro atoms. The minimum absolute atomic E-state index is 0.0507. The van der Waals surface area contributed by atoms with Crippen LogP contribution in [-0.4, -0.2) is 27.8 Å². The fourth-order valence-corrected chi connectivity index (χ4v) is 3.61. The van der Waals surface area contributed by atoms with Crippen molar-refractivity contribution in [3.63, 3.8) is 0 Å². The van der Waals surface area contributed by atoms with Crippen LogP contribution in [0.4, 0.5) is 5.69 Å². The Labute approximate surface area is 161 Å². The lowest BCUT2D eigenvalue weighted by molar-refractivity contribution is -0.138. The molecule has 1 aliphatic rings. The molecule has 0 saturated carbocycles. The Morgan fingerprint density at radius 3 is 2.67 bits per heavy atom. The molecule has 0 aliphatic carbocycles. The van der Waals surface area contributed by atoms with Gasteiger partial charge in [-0.25, -0.2) is 9.79 Å². The third kappa shape index (κ3) is 4.41. The van der Waals surface area contributed by atoms with Gasteiger partial charge in [0.1, 0.15) is 22.1 Å². The Bertz CT molecular complexity index is 976. The zero-order chi connectivity index (χ0) is 19.4. The van der Waals surface area contributed by atoms with Crippen molar-refractivity contribution in [2.24, 2.45) is 4.99 Å². The number of benzene rings is 2. The summed E-state index contributed by atoms with van der Waals surface area (Å²) >= 11 is 1.19. The first-order valence-electron chi connectivity index (χ1n) is 8.43. The van der Waals surface area contributed by atoms with Gasteiger partial charge in [0.05, 0.1) is 17.2 Å². The number of thioether (sulfide) groups is 1. The maximum absolute atomic E-state index is 12.4. The van der Waals surface area contributed by atoms with Gasteiger partial charge < -0.3 is 14.9 Å². The first-order valence-corrected chi connectivity index (χ1v) is 9.24. The van der Waals surface area contributed by atoms with Gasteiger partial charge >= 0.3 is 5.97 Å². The van der Waals surface area contributed by atoms with Crippen molar-refractivity contribution in [3.8, 4) is 5.75 Å². The summed E-state index contributed by atoms with van der Waals surface area (Å²) in [6.07, 6.45) is 1.69. The Balaban J connectivity index is 2.05. The summed E-state index contributed by atoms with van der Waals surface area (Å²) in [4.78, 5) is 17.4. The fraction of sp³-hybridized carbons (Fsp3) is 0.143. The minimum atomic E-state index is -0.617. The molecule has 138 valence electrons. The van der Waals surface area contributed by atoms with E-state index in [0.717, 1.165) is 5.56 Å². The molecule has 1 aliphatic heterocycles. The maximum Gasteiger partial charge on any atom is 0.344 e. The summed E-state index contributed by atoms with van der Waals surface area (Å²) in [5.74, 6) is -0.670. The van der Waals surface area contributed by atoms with Crippen LogP contribution in [0.5, 0.6) is 5.75 Å². The molecule has 27 heavy (non-hydrogen) atoms. The molecule has 3 rings (SSSR count). The number of hydrogen-bond acceptors (Lipinski definition) is 6. The zero-order valence-electron chi connectivity index (χ0n) is 15.0. The second-order valence-electron chi connectivity index (χ2n) is 5.91. The second-order valence-corrected chi connectivity index (χ2v) is 6.94. The van der Waals surface area contributed by atoms with Crippen molar-refractivity contribution in [1.82, 2.24) is 0 Å². The first-order chi connectivity index (χ1) is 13.0. The lowest BCUT2D eigenvalue weighted by Gasteiger charge is -2.04. The van der Waals surface area contributed by atoms with Crippen molar-refractivity contribution in [3.05, 3.63) is 75.9 Å². The smallest absolute Gasteiger partial charge is 0.344 e. The third-order valence-corrected chi connectivity index (χ3v) is 4.79. The fourth-order valence-electron chi connectivity index (χ4n) is 2.57. The highest BCUT2D eigenvalue weighted by Gasteiger charge is 2.33. The number of rotatable bonds is 4. The standard InChI is InChI=1S/C21H19NO4S/c1-3-26-21(25)18-19(24)17(12-14-7-5-9-16(23)11-14)27-20(18)22-15-8-4-6-13(2)10-15/h4-12,23-24H,3H2,1-2H3/b17-12+,22-20?. The molecule has 0 amide bonds. The van der Waals surface area contributed by atoms with Gasteiger partial charge in [0.25, 0.3) is 0 Å². The van der Waals surface area contributed by atoms with Crippen LogP contribution in [0.1, 0.15) is 18.1 Å². The van der Waals surface area contributed by atoms with Gasteiger partial charge in [0.15, 0.2) is 0 Å². The van der Waals surface area contributed by atoms with Crippen LogP contribution in [0.25, 0.3) is 6.08 Å². The SMILES string of the molecule is CCOC(=O)C1=C(O)/C(=C\c2cccc(O)c2)SC1=Nc1cccc(C)c1. The Morgan fingerprint density at radius 1 is 1.19 bits per heavy atom. The minimum Gasteiger partial charge on any atom is -0.508 e. The lowest BCUT2D eigenvalue weighted by atomic mass is 10.1. The van der Waals surface area contributed by atoms with Crippen LogP contribution in [0, 0.1) is 6.92 Å². The van der Waals surface area contributed by atoms with Gasteiger partial charge in [-0.05, 0) is 55.3 Å². The highest BCUT2D eigenvalue weighted by molar-refractivity contribution is 8.18.